The van der Waals surface area contributed by atoms with Gasteiger partial charge in [-0.1, -0.05) is 32.1 Å². The second kappa shape index (κ2) is 5.99. The molecular formula is C17H24N2OS. The highest BCUT2D eigenvalue weighted by Gasteiger charge is 2.53. The van der Waals surface area contributed by atoms with Gasteiger partial charge in [0.05, 0.1) is 16.4 Å². The predicted molar refractivity (Wildman–Crippen MR) is 89.8 cm³/mol. The summed E-state index contributed by atoms with van der Waals surface area (Å²) in [5.74, 6) is 2.32. The van der Waals surface area contributed by atoms with Crippen LogP contribution in [0.4, 0.5) is 0 Å². The van der Waals surface area contributed by atoms with Gasteiger partial charge in [0.25, 0.3) is 0 Å². The molecule has 0 radical (unpaired) electrons. The molecule has 1 saturated heterocycles. The number of nitrogens with one attached hydrogen (secondary N) is 1. The Morgan fingerprint density at radius 3 is 3.19 bits per heavy atom. The molecule has 0 aromatic carbocycles. The summed E-state index contributed by atoms with van der Waals surface area (Å²) in [5.41, 5.74) is 1.17. The molecular weight excluding hydrogens is 280 g/mol. The number of carbonyl (C=O) groups is 1. The van der Waals surface area contributed by atoms with Gasteiger partial charge in [0, 0.05) is 18.8 Å². The molecule has 114 valence electrons. The molecule has 1 N–H and O–H groups in total. The molecule has 0 aromatic rings. The van der Waals surface area contributed by atoms with Crippen LogP contribution in [0.1, 0.15) is 26.7 Å². The highest BCUT2D eigenvalue weighted by molar-refractivity contribution is 8.02. The Morgan fingerprint density at radius 2 is 2.38 bits per heavy atom. The molecule has 1 amide bonds. The molecule has 21 heavy (non-hydrogen) atoms. The molecule has 3 rings (SSSR count). The fraction of sp³-hybridized carbons (Fsp3) is 0.647. The molecule has 2 aliphatic heterocycles. The van der Waals surface area contributed by atoms with Crippen LogP contribution in [0, 0.1) is 17.8 Å². The average molecular weight is 304 g/mol. The van der Waals surface area contributed by atoms with Gasteiger partial charge >= 0.3 is 0 Å². The summed E-state index contributed by atoms with van der Waals surface area (Å²) in [4.78, 5) is 17.2. The molecule has 4 heteroatoms. The number of hydrogen-bond donors (Lipinski definition) is 1. The molecule has 3 aliphatic rings. The average Bonchev–Trinajstić information content (AvgIpc) is 2.84. The van der Waals surface area contributed by atoms with E-state index in [1.165, 1.54) is 5.71 Å². The molecule has 3 nitrogen and oxygen atoms in total. The lowest BCUT2D eigenvalue weighted by Crippen LogP contribution is -2.46. The van der Waals surface area contributed by atoms with Gasteiger partial charge in [-0.3, -0.25) is 9.79 Å². The van der Waals surface area contributed by atoms with E-state index in [0.717, 1.165) is 31.7 Å². The monoisotopic (exact) mass is 304 g/mol. The van der Waals surface area contributed by atoms with Crippen molar-refractivity contribution in [2.24, 2.45) is 22.7 Å². The maximum Gasteiger partial charge on any atom is 0.224 e. The van der Waals surface area contributed by atoms with Crippen LogP contribution in [0.5, 0.6) is 0 Å². The minimum atomic E-state index is -0.0347. The van der Waals surface area contributed by atoms with Crippen LogP contribution >= 0.6 is 11.8 Å². The Balaban J connectivity index is 1.70. The maximum absolute atomic E-state index is 12.5. The first kappa shape index (κ1) is 14.9. The fourth-order valence-corrected chi connectivity index (χ4v) is 5.33. The summed E-state index contributed by atoms with van der Waals surface area (Å²) in [7, 11) is 0. The van der Waals surface area contributed by atoms with Crippen molar-refractivity contribution in [3.05, 3.63) is 24.3 Å². The molecule has 1 spiro atoms. The quantitative estimate of drug-likeness (QED) is 0.868. The maximum atomic E-state index is 12.5. The Labute approximate surface area is 131 Å². The van der Waals surface area contributed by atoms with Crippen LogP contribution in [0.3, 0.4) is 0 Å². The summed E-state index contributed by atoms with van der Waals surface area (Å²) < 4.78 is -0.0347. The minimum absolute atomic E-state index is 0.0347. The summed E-state index contributed by atoms with van der Waals surface area (Å²) in [6.07, 6.45) is 10.6. The van der Waals surface area contributed by atoms with Gasteiger partial charge in [-0.2, -0.15) is 0 Å². The van der Waals surface area contributed by atoms with Crippen molar-refractivity contribution in [2.75, 3.05) is 18.8 Å². The van der Waals surface area contributed by atoms with Crippen LogP contribution in [0.2, 0.25) is 0 Å². The summed E-state index contributed by atoms with van der Waals surface area (Å²) >= 11 is 1.90. The van der Waals surface area contributed by atoms with Crippen LogP contribution in [0.25, 0.3) is 0 Å². The van der Waals surface area contributed by atoms with Gasteiger partial charge in [0.2, 0.25) is 5.91 Å². The van der Waals surface area contributed by atoms with E-state index in [0.29, 0.717) is 11.8 Å². The van der Waals surface area contributed by atoms with Gasteiger partial charge < -0.3 is 5.32 Å². The standard InChI is InChI=1S/C17H24N2OS/c1-12(2)6-9-19-16(20)13-11-21-17-8-4-3-5-15(17)18-10-7-14(13)17/h3-5,8,12-14H,6-7,9-11H2,1-2H3,(H,19,20). The molecule has 0 aromatic heterocycles. The number of thioether (sulfide) groups is 1. The molecule has 0 saturated carbocycles. The summed E-state index contributed by atoms with van der Waals surface area (Å²) in [5, 5.41) is 3.15. The lowest BCUT2D eigenvalue weighted by atomic mass is 9.74. The van der Waals surface area contributed by atoms with Gasteiger partial charge in [-0.25, -0.2) is 0 Å². The van der Waals surface area contributed by atoms with E-state index < -0.39 is 0 Å². The highest BCUT2D eigenvalue weighted by Crippen LogP contribution is 2.52. The van der Waals surface area contributed by atoms with Crippen molar-refractivity contribution in [2.45, 2.75) is 31.4 Å². The zero-order valence-corrected chi connectivity index (χ0v) is 13.7. The van der Waals surface area contributed by atoms with E-state index in [2.05, 4.69) is 43.5 Å². The van der Waals surface area contributed by atoms with Crippen molar-refractivity contribution < 1.29 is 4.79 Å². The number of amides is 1. The predicted octanol–water partition coefficient (Wildman–Crippen LogP) is 2.84. The first-order valence-corrected chi connectivity index (χ1v) is 8.94. The molecule has 1 aliphatic carbocycles. The minimum Gasteiger partial charge on any atom is -0.356 e. The second-order valence-electron chi connectivity index (χ2n) is 6.56. The zero-order valence-electron chi connectivity index (χ0n) is 12.8. The first-order valence-electron chi connectivity index (χ1n) is 7.96. The van der Waals surface area contributed by atoms with E-state index in [9.17, 15) is 4.79 Å². The first-order chi connectivity index (χ1) is 10.1. The smallest absolute Gasteiger partial charge is 0.224 e. The molecule has 1 fully saturated rings. The molecule has 2 heterocycles. The third kappa shape index (κ3) is 2.70. The number of rotatable bonds is 4. The normalized spacial score (nSPS) is 33.6. The Kier molecular flexibility index (Phi) is 4.25. The van der Waals surface area contributed by atoms with Crippen molar-refractivity contribution in [1.29, 1.82) is 0 Å². The summed E-state index contributed by atoms with van der Waals surface area (Å²) in [6, 6.07) is 0. The van der Waals surface area contributed by atoms with Crippen LogP contribution in [0.15, 0.2) is 29.3 Å². The number of allylic oxidation sites excluding steroid dienone is 3. The topological polar surface area (TPSA) is 41.5 Å². The number of hydrogen-bond acceptors (Lipinski definition) is 3. The van der Waals surface area contributed by atoms with Gasteiger partial charge in [-0.05, 0) is 30.8 Å². The van der Waals surface area contributed by atoms with Crippen LogP contribution in [-0.4, -0.2) is 35.2 Å². The third-order valence-electron chi connectivity index (χ3n) is 4.73. The molecule has 0 bridgehead atoms. The second-order valence-corrected chi connectivity index (χ2v) is 7.86. The summed E-state index contributed by atoms with van der Waals surface area (Å²) in [6.45, 7) is 6.04. The number of carbonyl (C=O) groups excluding carboxylic acids is 1. The van der Waals surface area contributed by atoms with Gasteiger partial charge in [-0.15, -0.1) is 11.8 Å². The highest BCUT2D eigenvalue weighted by atomic mass is 32.2. The fourth-order valence-electron chi connectivity index (χ4n) is 3.54. The van der Waals surface area contributed by atoms with Gasteiger partial charge in [0.1, 0.15) is 0 Å². The zero-order chi connectivity index (χ0) is 14.9. The lowest BCUT2D eigenvalue weighted by Gasteiger charge is -2.38. The number of nitrogens with zero attached hydrogens (tertiary/aromatic N) is 1. The van der Waals surface area contributed by atoms with Gasteiger partial charge in [0.15, 0.2) is 0 Å². The lowest BCUT2D eigenvalue weighted by molar-refractivity contribution is -0.125. The van der Waals surface area contributed by atoms with E-state index in [1.54, 1.807) is 0 Å². The third-order valence-corrected chi connectivity index (χ3v) is 6.38. The van der Waals surface area contributed by atoms with E-state index >= 15 is 0 Å². The van der Waals surface area contributed by atoms with E-state index in [-0.39, 0.29) is 16.6 Å². The van der Waals surface area contributed by atoms with Crippen molar-refractivity contribution in [1.82, 2.24) is 5.32 Å². The van der Waals surface area contributed by atoms with Crippen molar-refractivity contribution in [3.8, 4) is 0 Å². The molecule has 3 unspecified atom stereocenters. The Hall–Kier alpha value is -1.03. The Bertz CT molecular complexity index is 509. The van der Waals surface area contributed by atoms with E-state index in [1.807, 2.05) is 11.8 Å². The molecule has 3 atom stereocenters. The number of aliphatic imine (C=N–C) groups is 1. The van der Waals surface area contributed by atoms with Crippen molar-refractivity contribution >= 4 is 23.4 Å². The SMILES string of the molecule is CC(C)CCNC(=O)C1CSC23C=CC=CC2=NCCC13. The van der Waals surface area contributed by atoms with Crippen molar-refractivity contribution in [3.63, 3.8) is 0 Å². The largest absolute Gasteiger partial charge is 0.356 e. The Morgan fingerprint density at radius 1 is 1.52 bits per heavy atom. The van der Waals surface area contributed by atoms with Crippen LogP contribution in [-0.2, 0) is 4.79 Å². The van der Waals surface area contributed by atoms with Crippen LogP contribution < -0.4 is 5.32 Å². The van der Waals surface area contributed by atoms with E-state index in [4.69, 9.17) is 4.99 Å².